The van der Waals surface area contributed by atoms with Crippen LogP contribution in [0.1, 0.15) is 6.92 Å². The highest BCUT2D eigenvalue weighted by Crippen LogP contribution is 1.80. The SMILES string of the molecule is CN[C@@H](C)CN(C)C. The number of hydrogen-bond donors (Lipinski definition) is 1. The Balaban J connectivity index is 3.10. The van der Waals surface area contributed by atoms with Crippen LogP contribution in [0, 0.1) is 0 Å². The second-order valence-corrected chi connectivity index (χ2v) is 2.45. The second kappa shape index (κ2) is 3.87. The first kappa shape index (κ1) is 7.92. The lowest BCUT2D eigenvalue weighted by Gasteiger charge is -2.15. The molecule has 0 fully saturated rings. The number of nitrogens with one attached hydrogen (secondary N) is 1. The van der Waals surface area contributed by atoms with E-state index in [-0.39, 0.29) is 0 Å². The molecule has 0 aromatic heterocycles. The zero-order valence-corrected chi connectivity index (χ0v) is 6.23. The van der Waals surface area contributed by atoms with Gasteiger partial charge in [0, 0.05) is 12.6 Å². The van der Waals surface area contributed by atoms with Gasteiger partial charge in [-0.2, -0.15) is 0 Å². The summed E-state index contributed by atoms with van der Waals surface area (Å²) in [6.07, 6.45) is 0. The lowest BCUT2D eigenvalue weighted by atomic mass is 10.3. The Morgan fingerprint density at radius 2 is 2.00 bits per heavy atom. The van der Waals surface area contributed by atoms with Gasteiger partial charge in [0.15, 0.2) is 0 Å². The maximum atomic E-state index is 3.15. The minimum atomic E-state index is 0.602. The fourth-order valence-corrected chi connectivity index (χ4v) is 0.639. The second-order valence-electron chi connectivity index (χ2n) is 2.45. The van der Waals surface area contributed by atoms with Crippen molar-refractivity contribution in [2.24, 2.45) is 0 Å². The van der Waals surface area contributed by atoms with Gasteiger partial charge in [-0.1, -0.05) is 0 Å². The minimum Gasteiger partial charge on any atom is -0.316 e. The van der Waals surface area contributed by atoms with Gasteiger partial charge in [-0.3, -0.25) is 0 Å². The van der Waals surface area contributed by atoms with Crippen molar-refractivity contribution in [3.8, 4) is 0 Å². The van der Waals surface area contributed by atoms with Crippen LogP contribution >= 0.6 is 0 Å². The van der Waals surface area contributed by atoms with Gasteiger partial charge in [0.1, 0.15) is 0 Å². The van der Waals surface area contributed by atoms with Gasteiger partial charge in [0.25, 0.3) is 0 Å². The van der Waals surface area contributed by atoms with Crippen molar-refractivity contribution in [3.63, 3.8) is 0 Å². The summed E-state index contributed by atoms with van der Waals surface area (Å²) in [7, 11) is 6.13. The van der Waals surface area contributed by atoms with Crippen molar-refractivity contribution >= 4 is 0 Å². The van der Waals surface area contributed by atoms with E-state index < -0.39 is 0 Å². The predicted molar refractivity (Wildman–Crippen MR) is 37.1 cm³/mol. The summed E-state index contributed by atoms with van der Waals surface area (Å²) >= 11 is 0. The molecule has 0 saturated carbocycles. The van der Waals surface area contributed by atoms with E-state index in [1.165, 1.54) is 0 Å². The Kier molecular flexibility index (Phi) is 3.83. The van der Waals surface area contributed by atoms with E-state index in [2.05, 4.69) is 31.2 Å². The molecule has 0 amide bonds. The summed E-state index contributed by atoms with van der Waals surface area (Å²) in [5, 5.41) is 3.15. The highest BCUT2D eigenvalue weighted by atomic mass is 15.1. The molecule has 0 aromatic rings. The zero-order valence-electron chi connectivity index (χ0n) is 6.23. The fraction of sp³-hybridized carbons (Fsp3) is 1.00. The van der Waals surface area contributed by atoms with Crippen LogP contribution in [0.5, 0.6) is 0 Å². The first-order valence-corrected chi connectivity index (χ1v) is 2.98. The first-order valence-electron chi connectivity index (χ1n) is 2.98. The van der Waals surface area contributed by atoms with Crippen molar-refractivity contribution < 1.29 is 0 Å². The van der Waals surface area contributed by atoms with E-state index in [9.17, 15) is 0 Å². The van der Waals surface area contributed by atoms with E-state index in [4.69, 9.17) is 0 Å². The molecule has 2 nitrogen and oxygen atoms in total. The molecule has 0 bridgehead atoms. The molecule has 2 heteroatoms. The summed E-state index contributed by atoms with van der Waals surface area (Å²) in [5.41, 5.74) is 0. The molecule has 0 heterocycles. The zero-order chi connectivity index (χ0) is 6.57. The lowest BCUT2D eigenvalue weighted by molar-refractivity contribution is 0.360. The molecule has 8 heavy (non-hydrogen) atoms. The highest BCUT2D eigenvalue weighted by Gasteiger charge is 1.96. The van der Waals surface area contributed by atoms with Crippen molar-refractivity contribution in [2.75, 3.05) is 27.7 Å². The van der Waals surface area contributed by atoms with E-state index in [0.29, 0.717) is 6.04 Å². The Labute approximate surface area is 51.9 Å². The normalized spacial score (nSPS) is 14.6. The minimum absolute atomic E-state index is 0.602. The molecule has 0 aromatic carbocycles. The van der Waals surface area contributed by atoms with E-state index in [1.807, 2.05) is 7.05 Å². The van der Waals surface area contributed by atoms with E-state index in [1.54, 1.807) is 0 Å². The van der Waals surface area contributed by atoms with Crippen LogP contribution in [0.2, 0.25) is 0 Å². The van der Waals surface area contributed by atoms with Crippen LogP contribution in [-0.2, 0) is 0 Å². The molecule has 0 radical (unpaired) electrons. The first-order chi connectivity index (χ1) is 3.66. The van der Waals surface area contributed by atoms with Gasteiger partial charge in [-0.05, 0) is 28.1 Å². The van der Waals surface area contributed by atoms with Crippen LogP contribution in [0.3, 0.4) is 0 Å². The number of nitrogens with zero attached hydrogens (tertiary/aromatic N) is 1. The topological polar surface area (TPSA) is 15.3 Å². The van der Waals surface area contributed by atoms with Crippen molar-refractivity contribution in [1.82, 2.24) is 10.2 Å². The number of likely N-dealkylation sites (N-methyl/N-ethyl adjacent to an activating group) is 2. The summed E-state index contributed by atoms with van der Waals surface area (Å²) in [5.74, 6) is 0. The molecule has 1 N–H and O–H groups in total. The molecule has 0 aliphatic heterocycles. The largest absolute Gasteiger partial charge is 0.316 e. The van der Waals surface area contributed by atoms with Crippen LogP contribution in [0.25, 0.3) is 0 Å². The summed E-state index contributed by atoms with van der Waals surface area (Å²) < 4.78 is 0. The third-order valence-electron chi connectivity index (χ3n) is 1.13. The van der Waals surface area contributed by atoms with Gasteiger partial charge in [0.05, 0.1) is 0 Å². The van der Waals surface area contributed by atoms with Gasteiger partial charge in [0.2, 0.25) is 0 Å². The van der Waals surface area contributed by atoms with Crippen LogP contribution in [-0.4, -0.2) is 38.6 Å². The Bertz CT molecular complexity index is 52.5. The fourth-order valence-electron chi connectivity index (χ4n) is 0.639. The smallest absolute Gasteiger partial charge is 0.0163 e. The molecule has 1 atom stereocenters. The monoisotopic (exact) mass is 116 g/mol. The van der Waals surface area contributed by atoms with Gasteiger partial charge >= 0.3 is 0 Å². The van der Waals surface area contributed by atoms with Gasteiger partial charge in [-0.15, -0.1) is 0 Å². The molecule has 0 saturated heterocycles. The predicted octanol–water partition coefficient (Wildman–Crippen LogP) is 0.156. The summed E-state index contributed by atoms with van der Waals surface area (Å²) in [6.45, 7) is 3.27. The van der Waals surface area contributed by atoms with Crippen LogP contribution in [0.4, 0.5) is 0 Å². The Morgan fingerprint density at radius 3 is 2.12 bits per heavy atom. The maximum Gasteiger partial charge on any atom is 0.0163 e. The standard InChI is InChI=1S/C6H16N2/c1-6(7-2)5-8(3)4/h6-7H,5H2,1-4H3/t6-/m0/s1. The molecule has 0 aliphatic carbocycles. The van der Waals surface area contributed by atoms with Crippen molar-refractivity contribution in [2.45, 2.75) is 13.0 Å². The van der Waals surface area contributed by atoms with Crippen LogP contribution in [0.15, 0.2) is 0 Å². The molecular formula is C6H16N2. The molecule has 0 spiro atoms. The number of hydrogen-bond acceptors (Lipinski definition) is 2. The third kappa shape index (κ3) is 4.09. The average molecular weight is 116 g/mol. The molecular weight excluding hydrogens is 100 g/mol. The molecule has 0 rings (SSSR count). The quantitative estimate of drug-likeness (QED) is 0.565. The van der Waals surface area contributed by atoms with Gasteiger partial charge < -0.3 is 10.2 Å². The third-order valence-corrected chi connectivity index (χ3v) is 1.13. The summed E-state index contributed by atoms with van der Waals surface area (Å²) in [4.78, 5) is 2.17. The van der Waals surface area contributed by atoms with Crippen molar-refractivity contribution in [1.29, 1.82) is 0 Å². The molecule has 0 aliphatic rings. The molecule has 0 unspecified atom stereocenters. The maximum absolute atomic E-state index is 3.15. The Morgan fingerprint density at radius 1 is 1.50 bits per heavy atom. The Hall–Kier alpha value is -0.0800. The molecule has 50 valence electrons. The van der Waals surface area contributed by atoms with E-state index in [0.717, 1.165) is 6.54 Å². The average Bonchev–Trinajstić information content (AvgIpc) is 1.65. The lowest BCUT2D eigenvalue weighted by Crippen LogP contribution is -2.33. The number of rotatable bonds is 3. The van der Waals surface area contributed by atoms with Crippen LogP contribution < -0.4 is 5.32 Å². The summed E-state index contributed by atoms with van der Waals surface area (Å²) in [6, 6.07) is 0.602. The van der Waals surface area contributed by atoms with Crippen molar-refractivity contribution in [3.05, 3.63) is 0 Å². The van der Waals surface area contributed by atoms with E-state index >= 15 is 0 Å². The highest BCUT2D eigenvalue weighted by molar-refractivity contribution is 4.58. The van der Waals surface area contributed by atoms with Gasteiger partial charge in [-0.25, -0.2) is 0 Å².